The molecule has 5 nitrogen and oxygen atoms in total. The number of alkyl carbamates (subject to hydrolysis) is 1. The van der Waals surface area contributed by atoms with Gasteiger partial charge in [-0.15, -0.1) is 11.3 Å². The number of hydrogen-bond acceptors (Lipinski definition) is 4. The molecule has 2 N–H and O–H groups in total. The van der Waals surface area contributed by atoms with Crippen molar-refractivity contribution in [3.05, 3.63) is 31.9 Å². The van der Waals surface area contributed by atoms with Crippen LogP contribution in [-0.2, 0) is 16.0 Å². The Kier molecular flexibility index (Phi) is 6.61. The number of aliphatic carboxylic acids is 1. The van der Waals surface area contributed by atoms with Crippen LogP contribution in [0.25, 0.3) is 0 Å². The Morgan fingerprint density at radius 2 is 2.05 bits per heavy atom. The van der Waals surface area contributed by atoms with Crippen molar-refractivity contribution in [2.45, 2.75) is 12.5 Å². The number of amides is 1. The lowest BCUT2D eigenvalue weighted by Crippen LogP contribution is -2.42. The van der Waals surface area contributed by atoms with Crippen molar-refractivity contribution >= 4 is 58.2 Å². The highest BCUT2D eigenvalue weighted by Crippen LogP contribution is 2.40. The highest BCUT2D eigenvalue weighted by atomic mass is 35.5. The lowest BCUT2D eigenvalue weighted by atomic mass is 10.1. The minimum atomic E-state index is -1.24. The van der Waals surface area contributed by atoms with Gasteiger partial charge in [-0.25, -0.2) is 9.59 Å². The number of hydrogen-bond donors (Lipinski definition) is 2. The number of carboxylic acids is 1. The summed E-state index contributed by atoms with van der Waals surface area (Å²) < 4.78 is 5.21. The van der Waals surface area contributed by atoms with Gasteiger partial charge in [0.1, 0.15) is 17.0 Å². The van der Waals surface area contributed by atoms with Gasteiger partial charge in [0.25, 0.3) is 0 Å². The minimum absolute atomic E-state index is 0.0238. The molecule has 0 bridgehead atoms. The first-order chi connectivity index (χ1) is 9.36. The number of ether oxygens (including phenoxy) is 1. The van der Waals surface area contributed by atoms with Gasteiger partial charge in [-0.2, -0.15) is 0 Å². The molecular weight excluding hydrogens is 349 g/mol. The summed E-state index contributed by atoms with van der Waals surface area (Å²) in [6.07, 6.45) is 0.395. The van der Waals surface area contributed by atoms with Crippen molar-refractivity contribution in [3.8, 4) is 0 Å². The second-order valence-electron chi connectivity index (χ2n) is 3.57. The smallest absolute Gasteiger partial charge is 0.408 e. The Morgan fingerprint density at radius 3 is 2.50 bits per heavy atom. The van der Waals surface area contributed by atoms with E-state index in [2.05, 4.69) is 16.6 Å². The Hall–Kier alpha value is -0.950. The molecule has 0 aromatic carbocycles. The molecule has 1 unspecified atom stereocenters. The molecule has 0 aliphatic heterocycles. The monoisotopic (exact) mass is 357 g/mol. The van der Waals surface area contributed by atoms with E-state index in [0.29, 0.717) is 5.56 Å². The van der Waals surface area contributed by atoms with Crippen LogP contribution in [0.2, 0.25) is 13.7 Å². The van der Waals surface area contributed by atoms with Gasteiger partial charge < -0.3 is 15.2 Å². The molecule has 0 aliphatic carbocycles. The number of carbonyl (C=O) groups is 2. The molecule has 0 aliphatic rings. The number of carbonyl (C=O) groups excluding carboxylic acids is 1. The maximum Gasteiger partial charge on any atom is 0.408 e. The van der Waals surface area contributed by atoms with Gasteiger partial charge in [0.05, 0.1) is 9.36 Å². The zero-order chi connectivity index (χ0) is 15.3. The van der Waals surface area contributed by atoms with Gasteiger partial charge in [0, 0.05) is 12.0 Å². The zero-order valence-corrected chi connectivity index (χ0v) is 13.1. The normalized spacial score (nSPS) is 11.8. The SMILES string of the molecule is C=CCOC(=O)NC(Cc1c(Cl)sc(Cl)c1Cl)C(=O)O. The van der Waals surface area contributed by atoms with Gasteiger partial charge in [0.2, 0.25) is 0 Å². The van der Waals surface area contributed by atoms with Crippen LogP contribution in [0.15, 0.2) is 12.7 Å². The number of nitrogens with one attached hydrogen (secondary N) is 1. The van der Waals surface area contributed by atoms with E-state index >= 15 is 0 Å². The molecule has 1 amide bonds. The fraction of sp³-hybridized carbons (Fsp3) is 0.273. The number of thiophene rings is 1. The van der Waals surface area contributed by atoms with Crippen LogP contribution in [0.1, 0.15) is 5.56 Å². The Bertz CT molecular complexity index is 532. The highest BCUT2D eigenvalue weighted by molar-refractivity contribution is 7.20. The van der Waals surface area contributed by atoms with Gasteiger partial charge in [-0.3, -0.25) is 0 Å². The molecule has 0 radical (unpaired) electrons. The lowest BCUT2D eigenvalue weighted by molar-refractivity contribution is -0.139. The van der Waals surface area contributed by atoms with Crippen molar-refractivity contribution in [3.63, 3.8) is 0 Å². The standard InChI is InChI=1S/C11H10Cl3NO4S/c1-2-3-19-11(18)15-6(10(16)17)4-5-7(12)9(14)20-8(5)13/h2,6H,1,3-4H2,(H,15,18)(H,16,17). The molecule has 1 aromatic heterocycles. The van der Waals surface area contributed by atoms with Crippen LogP contribution in [-0.4, -0.2) is 29.8 Å². The lowest BCUT2D eigenvalue weighted by Gasteiger charge is -2.14. The summed E-state index contributed by atoms with van der Waals surface area (Å²) in [7, 11) is 0. The fourth-order valence-electron chi connectivity index (χ4n) is 1.28. The van der Waals surface area contributed by atoms with E-state index in [-0.39, 0.29) is 26.7 Å². The third-order valence-corrected chi connectivity index (χ3v) is 4.50. The van der Waals surface area contributed by atoms with E-state index < -0.39 is 18.1 Å². The third-order valence-electron chi connectivity index (χ3n) is 2.18. The van der Waals surface area contributed by atoms with Crippen molar-refractivity contribution in [1.82, 2.24) is 5.32 Å². The van der Waals surface area contributed by atoms with Crippen LogP contribution in [0.3, 0.4) is 0 Å². The number of halogens is 3. The van der Waals surface area contributed by atoms with Gasteiger partial charge in [-0.05, 0) is 0 Å². The van der Waals surface area contributed by atoms with Crippen LogP contribution in [0.4, 0.5) is 4.79 Å². The van der Waals surface area contributed by atoms with E-state index in [0.717, 1.165) is 11.3 Å². The maximum atomic E-state index is 11.3. The quantitative estimate of drug-likeness (QED) is 0.762. The summed E-state index contributed by atoms with van der Waals surface area (Å²) >= 11 is 18.7. The molecule has 20 heavy (non-hydrogen) atoms. The highest BCUT2D eigenvalue weighted by Gasteiger charge is 2.25. The number of rotatable bonds is 6. The van der Waals surface area contributed by atoms with Crippen molar-refractivity contribution in [2.24, 2.45) is 0 Å². The fourth-order valence-corrected chi connectivity index (χ4v) is 3.22. The molecule has 9 heteroatoms. The predicted molar refractivity (Wildman–Crippen MR) is 79.2 cm³/mol. The Balaban J connectivity index is 2.80. The summed E-state index contributed by atoms with van der Waals surface area (Å²) in [5.74, 6) is -1.24. The molecule has 110 valence electrons. The molecule has 1 rings (SSSR count). The van der Waals surface area contributed by atoms with E-state index in [1.165, 1.54) is 6.08 Å². The molecule has 0 saturated heterocycles. The van der Waals surface area contributed by atoms with Crippen molar-refractivity contribution in [1.29, 1.82) is 0 Å². The molecule has 0 fully saturated rings. The van der Waals surface area contributed by atoms with Crippen LogP contribution >= 0.6 is 46.1 Å². The Labute approximate surface area is 134 Å². The van der Waals surface area contributed by atoms with E-state index in [1.807, 2.05) is 0 Å². The van der Waals surface area contributed by atoms with E-state index in [9.17, 15) is 9.59 Å². The van der Waals surface area contributed by atoms with Gasteiger partial charge in [-0.1, -0.05) is 47.5 Å². The first kappa shape index (κ1) is 17.1. The molecule has 1 aromatic rings. The van der Waals surface area contributed by atoms with Crippen LogP contribution in [0, 0.1) is 0 Å². The van der Waals surface area contributed by atoms with Crippen LogP contribution in [0.5, 0.6) is 0 Å². The zero-order valence-electron chi connectivity index (χ0n) is 9.99. The first-order valence-electron chi connectivity index (χ1n) is 5.26. The average molecular weight is 359 g/mol. The summed E-state index contributed by atoms with van der Waals surface area (Å²) in [5.41, 5.74) is 0.375. The molecule has 1 heterocycles. The molecule has 0 saturated carbocycles. The van der Waals surface area contributed by atoms with E-state index in [1.54, 1.807) is 0 Å². The summed E-state index contributed by atoms with van der Waals surface area (Å²) in [6, 6.07) is -1.23. The van der Waals surface area contributed by atoms with Crippen molar-refractivity contribution < 1.29 is 19.4 Å². The summed E-state index contributed by atoms with van der Waals surface area (Å²) in [5, 5.41) is 11.5. The maximum absolute atomic E-state index is 11.3. The molecular formula is C11H10Cl3NO4S. The second-order valence-corrected chi connectivity index (χ2v) is 6.17. The third kappa shape index (κ3) is 4.56. The van der Waals surface area contributed by atoms with Crippen molar-refractivity contribution in [2.75, 3.05) is 6.61 Å². The second kappa shape index (κ2) is 7.73. The predicted octanol–water partition coefficient (Wildman–Crippen LogP) is 3.62. The average Bonchev–Trinajstić information content (AvgIpc) is 2.61. The largest absolute Gasteiger partial charge is 0.480 e. The van der Waals surface area contributed by atoms with Gasteiger partial charge in [0.15, 0.2) is 0 Å². The summed E-state index contributed by atoms with van der Waals surface area (Å²) in [6.45, 7) is 3.35. The van der Waals surface area contributed by atoms with E-state index in [4.69, 9.17) is 39.9 Å². The molecule has 1 atom stereocenters. The molecule has 0 spiro atoms. The number of carboxylic acid groups (broad SMARTS) is 1. The topological polar surface area (TPSA) is 75.6 Å². The first-order valence-corrected chi connectivity index (χ1v) is 7.21. The van der Waals surface area contributed by atoms with Crippen LogP contribution < -0.4 is 5.32 Å². The minimum Gasteiger partial charge on any atom is -0.480 e. The van der Waals surface area contributed by atoms with Gasteiger partial charge >= 0.3 is 12.1 Å². The Morgan fingerprint density at radius 1 is 1.40 bits per heavy atom. The summed E-state index contributed by atoms with van der Waals surface area (Å²) in [4.78, 5) is 22.5.